The molecule has 24 heavy (non-hydrogen) atoms. The van der Waals surface area contributed by atoms with Crippen LogP contribution in [0.3, 0.4) is 0 Å². The summed E-state index contributed by atoms with van der Waals surface area (Å²) in [6.07, 6.45) is 1.75. The van der Waals surface area contributed by atoms with Gasteiger partial charge in [-0.05, 0) is 73.8 Å². The summed E-state index contributed by atoms with van der Waals surface area (Å²) in [5.74, 6) is -0.214. The van der Waals surface area contributed by atoms with Gasteiger partial charge in [-0.15, -0.1) is 0 Å². The SMILES string of the molecule is CC(=O)Oc1c(Br)cc(C=C2C(=O)Nc3ccc(Cl)cc32)cc1Br. The lowest BCUT2D eigenvalue weighted by Gasteiger charge is -2.08. The number of hydrogen-bond acceptors (Lipinski definition) is 3. The van der Waals surface area contributed by atoms with Gasteiger partial charge in [-0.25, -0.2) is 0 Å². The second kappa shape index (κ2) is 6.70. The summed E-state index contributed by atoms with van der Waals surface area (Å²) in [6.45, 7) is 1.33. The first-order valence-electron chi connectivity index (χ1n) is 6.85. The Bertz CT molecular complexity index is 886. The molecule has 2 aromatic rings. The van der Waals surface area contributed by atoms with Crippen LogP contribution >= 0.6 is 43.5 Å². The largest absolute Gasteiger partial charge is 0.424 e. The van der Waals surface area contributed by atoms with Gasteiger partial charge in [0.15, 0.2) is 5.75 Å². The number of fused-ring (bicyclic) bond motifs is 1. The maximum atomic E-state index is 12.2. The van der Waals surface area contributed by atoms with Crippen LogP contribution in [0.2, 0.25) is 5.02 Å². The van der Waals surface area contributed by atoms with Gasteiger partial charge in [0, 0.05) is 28.8 Å². The normalized spacial score (nSPS) is 14.5. The minimum Gasteiger partial charge on any atom is -0.424 e. The molecule has 1 heterocycles. The van der Waals surface area contributed by atoms with Gasteiger partial charge in [0.25, 0.3) is 5.91 Å². The molecule has 0 aliphatic carbocycles. The standard InChI is InChI=1S/C17H10Br2ClNO3/c1-8(22)24-16-13(18)5-9(6-14(16)19)4-12-11-7-10(20)2-3-15(11)21-17(12)23/h2-7H,1H3,(H,21,23). The average Bonchev–Trinajstić information content (AvgIpc) is 2.79. The zero-order chi connectivity index (χ0) is 17.4. The van der Waals surface area contributed by atoms with E-state index in [-0.39, 0.29) is 5.91 Å². The third-order valence-corrected chi connectivity index (χ3v) is 4.76. The Hall–Kier alpha value is -1.63. The zero-order valence-electron chi connectivity index (χ0n) is 12.3. The predicted molar refractivity (Wildman–Crippen MR) is 101 cm³/mol. The first-order valence-corrected chi connectivity index (χ1v) is 8.82. The Balaban J connectivity index is 2.05. The number of nitrogens with one attached hydrogen (secondary N) is 1. The van der Waals surface area contributed by atoms with E-state index >= 15 is 0 Å². The minimum atomic E-state index is -0.416. The third-order valence-electron chi connectivity index (χ3n) is 3.34. The molecule has 7 heteroatoms. The summed E-state index contributed by atoms with van der Waals surface area (Å²) in [4.78, 5) is 23.4. The number of hydrogen-bond donors (Lipinski definition) is 1. The summed E-state index contributed by atoms with van der Waals surface area (Å²) in [6, 6.07) is 8.78. The maximum absolute atomic E-state index is 12.2. The lowest BCUT2D eigenvalue weighted by molar-refractivity contribution is -0.132. The van der Waals surface area contributed by atoms with Crippen molar-refractivity contribution in [2.24, 2.45) is 0 Å². The summed E-state index contributed by atoms with van der Waals surface area (Å²) in [5.41, 5.74) is 2.77. The molecule has 1 N–H and O–H groups in total. The highest BCUT2D eigenvalue weighted by atomic mass is 79.9. The van der Waals surface area contributed by atoms with Gasteiger partial charge >= 0.3 is 5.97 Å². The number of amides is 1. The van der Waals surface area contributed by atoms with Crippen LogP contribution in [0.5, 0.6) is 5.75 Å². The van der Waals surface area contributed by atoms with E-state index in [4.69, 9.17) is 16.3 Å². The Morgan fingerprint density at radius 1 is 1.21 bits per heavy atom. The molecule has 2 aromatic carbocycles. The highest BCUT2D eigenvalue weighted by molar-refractivity contribution is 9.11. The van der Waals surface area contributed by atoms with Crippen LogP contribution in [0.4, 0.5) is 5.69 Å². The van der Waals surface area contributed by atoms with Gasteiger partial charge in [0.1, 0.15) is 0 Å². The Kier molecular flexibility index (Phi) is 4.80. The van der Waals surface area contributed by atoms with Gasteiger partial charge in [0.2, 0.25) is 0 Å². The lowest BCUT2D eigenvalue weighted by Crippen LogP contribution is -2.04. The number of carbonyl (C=O) groups is 2. The molecular formula is C17H10Br2ClNO3. The van der Waals surface area contributed by atoms with Crippen molar-refractivity contribution < 1.29 is 14.3 Å². The van der Waals surface area contributed by atoms with E-state index in [1.807, 2.05) is 0 Å². The predicted octanol–water partition coefficient (Wildman–Crippen LogP) is 5.28. The van der Waals surface area contributed by atoms with E-state index in [2.05, 4.69) is 37.2 Å². The minimum absolute atomic E-state index is 0.191. The number of ether oxygens (including phenoxy) is 1. The van der Waals surface area contributed by atoms with Crippen molar-refractivity contribution in [3.8, 4) is 5.75 Å². The Morgan fingerprint density at radius 2 is 1.88 bits per heavy atom. The van der Waals surface area contributed by atoms with Crippen LogP contribution < -0.4 is 10.1 Å². The van der Waals surface area contributed by atoms with Crippen LogP contribution in [-0.4, -0.2) is 11.9 Å². The molecule has 0 bridgehead atoms. The van der Waals surface area contributed by atoms with E-state index in [1.165, 1.54) is 6.92 Å². The molecule has 0 aromatic heterocycles. The van der Waals surface area contributed by atoms with E-state index in [0.717, 1.165) is 16.8 Å². The molecule has 0 saturated carbocycles. The molecule has 0 unspecified atom stereocenters. The fourth-order valence-electron chi connectivity index (χ4n) is 2.37. The number of benzene rings is 2. The summed E-state index contributed by atoms with van der Waals surface area (Å²) < 4.78 is 6.34. The van der Waals surface area contributed by atoms with Crippen LogP contribution in [0.1, 0.15) is 18.1 Å². The van der Waals surface area contributed by atoms with E-state index < -0.39 is 5.97 Å². The molecule has 4 nitrogen and oxygen atoms in total. The molecule has 1 amide bonds. The molecule has 1 aliphatic rings. The first-order chi connectivity index (χ1) is 11.3. The van der Waals surface area contributed by atoms with E-state index in [1.54, 1.807) is 36.4 Å². The van der Waals surface area contributed by atoms with Crippen molar-refractivity contribution in [2.45, 2.75) is 6.92 Å². The fourth-order valence-corrected chi connectivity index (χ4v) is 3.93. The van der Waals surface area contributed by atoms with Gasteiger partial charge < -0.3 is 10.1 Å². The number of halogens is 3. The van der Waals surface area contributed by atoms with Crippen molar-refractivity contribution in [3.63, 3.8) is 0 Å². The molecule has 122 valence electrons. The third kappa shape index (κ3) is 3.41. The molecule has 0 radical (unpaired) electrons. The van der Waals surface area contributed by atoms with Gasteiger partial charge in [-0.3, -0.25) is 9.59 Å². The number of anilines is 1. The van der Waals surface area contributed by atoms with Crippen molar-refractivity contribution >= 4 is 72.7 Å². The summed E-state index contributed by atoms with van der Waals surface area (Å²) in [7, 11) is 0. The quantitative estimate of drug-likeness (QED) is 0.368. The topological polar surface area (TPSA) is 55.4 Å². The highest BCUT2D eigenvalue weighted by Gasteiger charge is 2.24. The van der Waals surface area contributed by atoms with Crippen LogP contribution in [0.15, 0.2) is 39.3 Å². The van der Waals surface area contributed by atoms with Crippen LogP contribution in [0.25, 0.3) is 11.6 Å². The van der Waals surface area contributed by atoms with Gasteiger partial charge in [-0.2, -0.15) is 0 Å². The Labute approximate surface area is 160 Å². The van der Waals surface area contributed by atoms with Crippen LogP contribution in [0, 0.1) is 0 Å². The van der Waals surface area contributed by atoms with Crippen molar-refractivity contribution in [1.82, 2.24) is 0 Å². The molecular weight excluding hydrogens is 461 g/mol. The molecule has 1 aliphatic heterocycles. The Morgan fingerprint density at radius 3 is 2.50 bits per heavy atom. The zero-order valence-corrected chi connectivity index (χ0v) is 16.3. The van der Waals surface area contributed by atoms with Gasteiger partial charge in [-0.1, -0.05) is 11.6 Å². The lowest BCUT2D eigenvalue weighted by atomic mass is 10.0. The molecule has 0 spiro atoms. The number of esters is 1. The second-order valence-electron chi connectivity index (χ2n) is 5.11. The van der Waals surface area contributed by atoms with E-state index in [0.29, 0.717) is 25.3 Å². The smallest absolute Gasteiger partial charge is 0.308 e. The van der Waals surface area contributed by atoms with Crippen molar-refractivity contribution in [2.75, 3.05) is 5.32 Å². The van der Waals surface area contributed by atoms with Crippen molar-refractivity contribution in [1.29, 1.82) is 0 Å². The number of rotatable bonds is 2. The molecule has 0 atom stereocenters. The van der Waals surface area contributed by atoms with Gasteiger partial charge in [0.05, 0.1) is 8.95 Å². The monoisotopic (exact) mass is 469 g/mol. The molecule has 0 saturated heterocycles. The number of carbonyl (C=O) groups excluding carboxylic acids is 2. The summed E-state index contributed by atoms with van der Waals surface area (Å²) in [5, 5.41) is 3.36. The maximum Gasteiger partial charge on any atom is 0.308 e. The highest BCUT2D eigenvalue weighted by Crippen LogP contribution is 2.38. The van der Waals surface area contributed by atoms with E-state index in [9.17, 15) is 9.59 Å². The molecule has 3 rings (SSSR count). The van der Waals surface area contributed by atoms with Crippen LogP contribution in [-0.2, 0) is 9.59 Å². The summed E-state index contributed by atoms with van der Waals surface area (Å²) >= 11 is 12.8. The molecule has 0 fully saturated rings. The van der Waals surface area contributed by atoms with Crippen molar-refractivity contribution in [3.05, 3.63) is 55.4 Å². The fraction of sp³-hybridized carbons (Fsp3) is 0.0588. The first kappa shape index (κ1) is 17.2. The average molecular weight is 472 g/mol. The second-order valence-corrected chi connectivity index (χ2v) is 7.25.